The maximum atomic E-state index is 5.37. The second-order valence-electron chi connectivity index (χ2n) is 4.81. The Labute approximate surface area is 105 Å². The van der Waals surface area contributed by atoms with Crippen LogP contribution in [0.3, 0.4) is 0 Å². The minimum absolute atomic E-state index is 0.278. The van der Waals surface area contributed by atoms with Crippen molar-refractivity contribution in [3.63, 3.8) is 0 Å². The van der Waals surface area contributed by atoms with E-state index in [0.717, 1.165) is 13.0 Å². The van der Waals surface area contributed by atoms with Gasteiger partial charge in [-0.1, -0.05) is 36.2 Å². The normalized spacial score (nSPS) is 14.6. The first-order valence-electron chi connectivity index (χ1n) is 6.41. The molecule has 0 aliphatic heterocycles. The van der Waals surface area contributed by atoms with Gasteiger partial charge in [-0.25, -0.2) is 0 Å². The van der Waals surface area contributed by atoms with Gasteiger partial charge in [0.2, 0.25) is 0 Å². The van der Waals surface area contributed by atoms with Gasteiger partial charge in [0.15, 0.2) is 0 Å². The van der Waals surface area contributed by atoms with Gasteiger partial charge in [-0.3, -0.25) is 0 Å². The molecular weight excluding hydrogens is 210 g/mol. The zero-order chi connectivity index (χ0) is 12.8. The summed E-state index contributed by atoms with van der Waals surface area (Å²) in [7, 11) is 1.77. The summed E-state index contributed by atoms with van der Waals surface area (Å²) < 4.78 is 5.37. The van der Waals surface area contributed by atoms with E-state index >= 15 is 0 Å². The molecular formula is C15H25NO. The van der Waals surface area contributed by atoms with Crippen molar-refractivity contribution in [1.29, 1.82) is 0 Å². The van der Waals surface area contributed by atoms with Crippen molar-refractivity contribution in [3.05, 3.63) is 34.9 Å². The van der Waals surface area contributed by atoms with Crippen molar-refractivity contribution in [2.24, 2.45) is 0 Å². The molecule has 0 amide bonds. The standard InChI is InChI=1S/C15H25NO/c1-6-16-15(10-13(4)17-5)14-8-11(2)7-12(3)9-14/h7-9,13,15-16H,6,10H2,1-5H3. The Morgan fingerprint density at radius 1 is 1.18 bits per heavy atom. The Hall–Kier alpha value is -0.860. The minimum Gasteiger partial charge on any atom is -0.382 e. The molecule has 1 aromatic rings. The van der Waals surface area contributed by atoms with Crippen LogP contribution in [-0.2, 0) is 4.74 Å². The van der Waals surface area contributed by atoms with Crippen molar-refractivity contribution in [2.45, 2.75) is 46.3 Å². The Kier molecular flexibility index (Phi) is 5.66. The Morgan fingerprint density at radius 2 is 1.76 bits per heavy atom. The van der Waals surface area contributed by atoms with Gasteiger partial charge in [-0.05, 0) is 39.3 Å². The lowest BCUT2D eigenvalue weighted by Gasteiger charge is -2.22. The summed E-state index contributed by atoms with van der Waals surface area (Å²) in [5.74, 6) is 0. The lowest BCUT2D eigenvalue weighted by atomic mass is 9.97. The molecule has 0 bridgehead atoms. The highest BCUT2D eigenvalue weighted by molar-refractivity contribution is 5.30. The van der Waals surface area contributed by atoms with Crippen molar-refractivity contribution < 1.29 is 4.74 Å². The van der Waals surface area contributed by atoms with Crippen LogP contribution in [0.15, 0.2) is 18.2 Å². The Bertz CT molecular complexity index is 329. The highest BCUT2D eigenvalue weighted by Crippen LogP contribution is 2.22. The predicted octanol–water partition coefficient (Wildman–Crippen LogP) is 3.38. The average Bonchev–Trinajstić information content (AvgIpc) is 2.27. The number of hydrogen-bond acceptors (Lipinski definition) is 2. The van der Waals surface area contributed by atoms with Gasteiger partial charge in [0.25, 0.3) is 0 Å². The number of aryl methyl sites for hydroxylation is 2. The van der Waals surface area contributed by atoms with Crippen LogP contribution < -0.4 is 5.32 Å². The molecule has 0 aliphatic carbocycles. The van der Waals surface area contributed by atoms with E-state index in [0.29, 0.717) is 6.04 Å². The summed E-state index contributed by atoms with van der Waals surface area (Å²) in [5, 5.41) is 3.54. The van der Waals surface area contributed by atoms with Crippen molar-refractivity contribution in [1.82, 2.24) is 5.32 Å². The average molecular weight is 235 g/mol. The van der Waals surface area contributed by atoms with E-state index in [1.165, 1.54) is 16.7 Å². The van der Waals surface area contributed by atoms with Crippen molar-refractivity contribution >= 4 is 0 Å². The van der Waals surface area contributed by atoms with Crippen LogP contribution in [-0.4, -0.2) is 19.8 Å². The van der Waals surface area contributed by atoms with E-state index in [2.05, 4.69) is 51.2 Å². The lowest BCUT2D eigenvalue weighted by Crippen LogP contribution is -2.25. The molecule has 2 unspecified atom stereocenters. The van der Waals surface area contributed by atoms with Crippen LogP contribution in [0.5, 0.6) is 0 Å². The fraction of sp³-hybridized carbons (Fsp3) is 0.600. The van der Waals surface area contributed by atoms with Gasteiger partial charge in [-0.2, -0.15) is 0 Å². The van der Waals surface area contributed by atoms with Crippen molar-refractivity contribution in [3.8, 4) is 0 Å². The molecule has 0 radical (unpaired) electrons. The molecule has 17 heavy (non-hydrogen) atoms. The Balaban J connectivity index is 2.88. The summed E-state index contributed by atoms with van der Waals surface area (Å²) in [6.07, 6.45) is 1.28. The molecule has 0 aromatic heterocycles. The molecule has 1 aromatic carbocycles. The van der Waals surface area contributed by atoms with Crippen LogP contribution in [0.2, 0.25) is 0 Å². The molecule has 2 nitrogen and oxygen atoms in total. The molecule has 2 atom stereocenters. The summed E-state index contributed by atoms with van der Waals surface area (Å²) in [4.78, 5) is 0. The highest BCUT2D eigenvalue weighted by Gasteiger charge is 2.14. The third-order valence-electron chi connectivity index (χ3n) is 3.07. The minimum atomic E-state index is 0.278. The summed E-state index contributed by atoms with van der Waals surface area (Å²) >= 11 is 0. The molecule has 0 heterocycles. The zero-order valence-corrected chi connectivity index (χ0v) is 11.7. The van der Waals surface area contributed by atoms with Gasteiger partial charge in [-0.15, -0.1) is 0 Å². The first kappa shape index (κ1) is 14.2. The van der Waals surface area contributed by atoms with Crippen LogP contribution >= 0.6 is 0 Å². The van der Waals surface area contributed by atoms with Gasteiger partial charge in [0.05, 0.1) is 6.10 Å². The Morgan fingerprint density at radius 3 is 2.24 bits per heavy atom. The maximum Gasteiger partial charge on any atom is 0.0561 e. The molecule has 1 N–H and O–H groups in total. The molecule has 0 saturated heterocycles. The zero-order valence-electron chi connectivity index (χ0n) is 11.7. The van der Waals surface area contributed by atoms with E-state index in [9.17, 15) is 0 Å². The number of nitrogens with one attached hydrogen (secondary N) is 1. The highest BCUT2D eigenvalue weighted by atomic mass is 16.5. The van der Waals surface area contributed by atoms with E-state index < -0.39 is 0 Å². The summed E-state index contributed by atoms with van der Waals surface area (Å²) in [5.41, 5.74) is 4.02. The van der Waals surface area contributed by atoms with E-state index in [-0.39, 0.29) is 6.10 Å². The molecule has 1 rings (SSSR count). The second-order valence-corrected chi connectivity index (χ2v) is 4.81. The first-order valence-corrected chi connectivity index (χ1v) is 6.41. The quantitative estimate of drug-likeness (QED) is 0.816. The molecule has 0 fully saturated rings. The van der Waals surface area contributed by atoms with Gasteiger partial charge in [0, 0.05) is 13.2 Å². The smallest absolute Gasteiger partial charge is 0.0561 e. The lowest BCUT2D eigenvalue weighted by molar-refractivity contribution is 0.101. The van der Waals surface area contributed by atoms with E-state index in [1.807, 2.05) is 0 Å². The number of hydrogen-bond donors (Lipinski definition) is 1. The van der Waals surface area contributed by atoms with Crippen molar-refractivity contribution in [2.75, 3.05) is 13.7 Å². The summed E-state index contributed by atoms with van der Waals surface area (Å²) in [6.45, 7) is 9.55. The van der Waals surface area contributed by atoms with Gasteiger partial charge in [0.1, 0.15) is 0 Å². The molecule has 0 aliphatic rings. The number of methoxy groups -OCH3 is 1. The largest absolute Gasteiger partial charge is 0.382 e. The second kappa shape index (κ2) is 6.77. The predicted molar refractivity (Wildman–Crippen MR) is 73.4 cm³/mol. The molecule has 2 heteroatoms. The van der Waals surface area contributed by atoms with Crippen LogP contribution in [0.4, 0.5) is 0 Å². The van der Waals surface area contributed by atoms with Gasteiger partial charge < -0.3 is 10.1 Å². The van der Waals surface area contributed by atoms with Crippen LogP contribution in [0.1, 0.15) is 43.0 Å². The third kappa shape index (κ3) is 4.49. The number of ether oxygens (including phenoxy) is 1. The topological polar surface area (TPSA) is 21.3 Å². The number of benzene rings is 1. The fourth-order valence-corrected chi connectivity index (χ4v) is 2.22. The van der Waals surface area contributed by atoms with Crippen LogP contribution in [0.25, 0.3) is 0 Å². The molecule has 96 valence electrons. The molecule has 0 spiro atoms. The summed E-state index contributed by atoms with van der Waals surface area (Å²) in [6, 6.07) is 7.13. The third-order valence-corrected chi connectivity index (χ3v) is 3.07. The van der Waals surface area contributed by atoms with E-state index in [1.54, 1.807) is 7.11 Å². The molecule has 0 saturated carbocycles. The van der Waals surface area contributed by atoms with Crippen LogP contribution in [0, 0.1) is 13.8 Å². The SMILES string of the molecule is CCNC(CC(C)OC)c1cc(C)cc(C)c1. The maximum absolute atomic E-state index is 5.37. The monoisotopic (exact) mass is 235 g/mol. The number of rotatable bonds is 6. The van der Waals surface area contributed by atoms with Gasteiger partial charge >= 0.3 is 0 Å². The fourth-order valence-electron chi connectivity index (χ4n) is 2.22. The van der Waals surface area contributed by atoms with E-state index in [4.69, 9.17) is 4.74 Å². The first-order chi connectivity index (χ1) is 8.06.